The van der Waals surface area contributed by atoms with Crippen molar-refractivity contribution in [2.24, 2.45) is 21.5 Å². The maximum Gasteiger partial charge on any atom is 0.225 e. The second-order valence-electron chi connectivity index (χ2n) is 7.65. The van der Waals surface area contributed by atoms with Gasteiger partial charge in [0.1, 0.15) is 17.2 Å². The molecule has 36 heavy (non-hydrogen) atoms. The van der Waals surface area contributed by atoms with Crippen LogP contribution in [0.1, 0.15) is 18.5 Å². The number of methoxy groups -OCH3 is 1. The molecule has 0 fully saturated rings. The molecule has 0 aliphatic rings. The normalized spacial score (nSPS) is 11.6. The summed E-state index contributed by atoms with van der Waals surface area (Å²) in [6, 6.07) is 8.45. The molecule has 2 heterocycles. The van der Waals surface area contributed by atoms with Crippen LogP contribution in [0.5, 0.6) is 11.5 Å². The number of hydrogen-bond acceptors (Lipinski definition) is 9. The number of halogens is 1. The van der Waals surface area contributed by atoms with Crippen molar-refractivity contribution < 1.29 is 9.47 Å². The van der Waals surface area contributed by atoms with Gasteiger partial charge in [0, 0.05) is 46.6 Å². The van der Waals surface area contributed by atoms with Gasteiger partial charge in [-0.1, -0.05) is 11.6 Å². The molecule has 3 rings (SSSR count). The highest BCUT2D eigenvalue weighted by atomic mass is 35.5. The molecule has 3 aromatic rings. The molecule has 0 spiro atoms. The zero-order valence-electron chi connectivity index (χ0n) is 20.5. The van der Waals surface area contributed by atoms with Gasteiger partial charge in [0.2, 0.25) is 5.95 Å². The first-order valence-corrected chi connectivity index (χ1v) is 11.6. The summed E-state index contributed by atoms with van der Waals surface area (Å²) < 4.78 is 11.0. The van der Waals surface area contributed by atoms with Gasteiger partial charge >= 0.3 is 0 Å². The number of nitrogens with zero attached hydrogens (tertiary/aromatic N) is 6. The van der Waals surface area contributed by atoms with Crippen LogP contribution in [0.15, 0.2) is 52.7 Å². The highest BCUT2D eigenvalue weighted by Gasteiger charge is 2.14. The number of unbranched alkanes of at least 4 members (excludes halogenated alkanes) is 1. The van der Waals surface area contributed by atoms with Gasteiger partial charge in [-0.2, -0.15) is 0 Å². The van der Waals surface area contributed by atoms with Gasteiger partial charge in [-0.05, 0) is 37.1 Å². The molecule has 0 bridgehead atoms. The highest BCUT2D eigenvalue weighted by Crippen LogP contribution is 2.33. The van der Waals surface area contributed by atoms with Crippen LogP contribution in [0.3, 0.4) is 0 Å². The van der Waals surface area contributed by atoms with Gasteiger partial charge in [-0.15, -0.1) is 0 Å². The highest BCUT2D eigenvalue weighted by molar-refractivity contribution is 6.32. The molecular formula is C24H30ClN9O2. The fourth-order valence-electron chi connectivity index (χ4n) is 3.20. The lowest BCUT2D eigenvalue weighted by Crippen LogP contribution is -2.24. The third-order valence-corrected chi connectivity index (χ3v) is 5.33. The Bertz CT molecular complexity index is 1220. The Kier molecular flexibility index (Phi) is 9.78. The van der Waals surface area contributed by atoms with E-state index in [4.69, 9.17) is 32.5 Å². The number of rotatable bonds is 12. The van der Waals surface area contributed by atoms with Gasteiger partial charge in [0.15, 0.2) is 11.7 Å². The summed E-state index contributed by atoms with van der Waals surface area (Å²) in [5, 5.41) is 3.42. The summed E-state index contributed by atoms with van der Waals surface area (Å²) in [5.74, 6) is 2.15. The average molecular weight is 512 g/mol. The van der Waals surface area contributed by atoms with Crippen LogP contribution < -0.4 is 26.4 Å². The lowest BCUT2D eigenvalue weighted by Gasteiger charge is -2.18. The van der Waals surface area contributed by atoms with Crippen LogP contribution in [0, 0.1) is 0 Å². The minimum atomic E-state index is 0.221. The summed E-state index contributed by atoms with van der Waals surface area (Å²) in [4.78, 5) is 23.6. The maximum atomic E-state index is 6.45. The van der Waals surface area contributed by atoms with Crippen LogP contribution in [-0.2, 0) is 4.74 Å². The number of anilines is 2. The Hall–Kier alpha value is -3.96. The van der Waals surface area contributed by atoms with Crippen molar-refractivity contribution in [2.45, 2.75) is 12.8 Å². The number of hydrogen-bond donors (Lipinski definition) is 3. The summed E-state index contributed by atoms with van der Waals surface area (Å²) in [6.45, 7) is 1.50. The van der Waals surface area contributed by atoms with Crippen molar-refractivity contribution in [3.05, 3.63) is 53.4 Å². The predicted molar refractivity (Wildman–Crippen MR) is 144 cm³/mol. The average Bonchev–Trinajstić information content (AvgIpc) is 2.88. The van der Waals surface area contributed by atoms with Crippen molar-refractivity contribution in [3.8, 4) is 11.5 Å². The number of nitrogens with two attached hydrogens (primary N) is 2. The molecule has 0 atom stereocenters. The van der Waals surface area contributed by atoms with E-state index >= 15 is 0 Å². The predicted octanol–water partition coefficient (Wildman–Crippen LogP) is 3.88. The van der Waals surface area contributed by atoms with Crippen molar-refractivity contribution in [2.75, 3.05) is 44.6 Å². The smallest absolute Gasteiger partial charge is 0.225 e. The molecule has 0 aliphatic carbocycles. The quantitative estimate of drug-likeness (QED) is 0.187. The maximum absolute atomic E-state index is 6.45. The molecule has 5 N–H and O–H groups in total. The Balaban J connectivity index is 1.79. The van der Waals surface area contributed by atoms with E-state index in [2.05, 4.69) is 30.3 Å². The minimum Gasteiger partial charge on any atom is -0.456 e. The summed E-state index contributed by atoms with van der Waals surface area (Å²) >= 11 is 6.45. The minimum absolute atomic E-state index is 0.221. The zero-order valence-corrected chi connectivity index (χ0v) is 21.2. The third kappa shape index (κ3) is 7.27. The van der Waals surface area contributed by atoms with Crippen LogP contribution in [0.2, 0.25) is 5.02 Å². The van der Waals surface area contributed by atoms with E-state index in [9.17, 15) is 0 Å². The van der Waals surface area contributed by atoms with Crippen molar-refractivity contribution >= 4 is 46.9 Å². The molecule has 0 radical (unpaired) electrons. The molecule has 0 amide bonds. The van der Waals surface area contributed by atoms with Crippen LogP contribution >= 0.6 is 11.6 Å². The van der Waals surface area contributed by atoms with Gasteiger partial charge in [-0.25, -0.2) is 24.9 Å². The Labute approximate surface area is 215 Å². The summed E-state index contributed by atoms with van der Waals surface area (Å²) in [7, 11) is 5.40. The van der Waals surface area contributed by atoms with Gasteiger partial charge in [-0.3, -0.25) is 0 Å². The van der Waals surface area contributed by atoms with Crippen LogP contribution in [0.25, 0.3) is 0 Å². The molecule has 190 valence electrons. The van der Waals surface area contributed by atoms with Gasteiger partial charge in [0.25, 0.3) is 0 Å². The van der Waals surface area contributed by atoms with Crippen LogP contribution in [0.4, 0.5) is 23.1 Å². The first kappa shape index (κ1) is 26.6. The first-order valence-electron chi connectivity index (χ1n) is 11.2. The van der Waals surface area contributed by atoms with Gasteiger partial charge < -0.3 is 31.2 Å². The number of nitrogens with one attached hydrogen (secondary N) is 1. The van der Waals surface area contributed by atoms with Crippen molar-refractivity contribution in [3.63, 3.8) is 0 Å². The zero-order chi connectivity index (χ0) is 25.9. The second kappa shape index (κ2) is 13.2. The molecule has 12 heteroatoms. The van der Waals surface area contributed by atoms with E-state index in [0.717, 1.165) is 32.3 Å². The van der Waals surface area contributed by atoms with Gasteiger partial charge in [0.05, 0.1) is 28.9 Å². The van der Waals surface area contributed by atoms with Crippen molar-refractivity contribution in [1.29, 1.82) is 0 Å². The van der Waals surface area contributed by atoms with E-state index < -0.39 is 0 Å². The SMILES string of the molecule is CNc1cnc(N(C)CCCCOC)nc1C(N)=Nc1ccc(Oc2ccnc(N=CN)c2)c(Cl)c1. The first-order chi connectivity index (χ1) is 17.4. The van der Waals surface area contributed by atoms with E-state index in [1.54, 1.807) is 56.9 Å². The molecule has 11 nitrogen and oxygen atoms in total. The number of benzene rings is 1. The van der Waals surface area contributed by atoms with E-state index in [1.807, 2.05) is 11.9 Å². The molecule has 0 unspecified atom stereocenters. The lowest BCUT2D eigenvalue weighted by atomic mass is 10.2. The number of amidine groups is 1. The molecule has 1 aromatic carbocycles. The Morgan fingerprint density at radius 1 is 1.22 bits per heavy atom. The number of pyridine rings is 1. The van der Waals surface area contributed by atoms with Crippen molar-refractivity contribution in [1.82, 2.24) is 15.0 Å². The second-order valence-corrected chi connectivity index (χ2v) is 8.05. The largest absolute Gasteiger partial charge is 0.456 e. The Morgan fingerprint density at radius 2 is 2.06 bits per heavy atom. The number of ether oxygens (including phenoxy) is 2. The Morgan fingerprint density at radius 3 is 2.78 bits per heavy atom. The molecule has 0 saturated heterocycles. The topological polar surface area (TPSA) is 149 Å². The number of aromatic nitrogens is 3. The lowest BCUT2D eigenvalue weighted by molar-refractivity contribution is 0.193. The third-order valence-electron chi connectivity index (χ3n) is 5.04. The standard InChI is InChI=1S/C24H30ClN9O2/c1-28-19-14-30-24(34(2)10-4-5-11-35-3)33-22(19)23(27)32-16-6-7-20(18(25)12-16)36-17-8-9-29-21(13-17)31-15-26/h6-9,12-15,28H,4-5,10-11H2,1-3H3,(H2,27,32)(H2,26,29,31). The van der Waals surface area contributed by atoms with E-state index in [1.165, 1.54) is 0 Å². The fourth-order valence-corrected chi connectivity index (χ4v) is 3.41. The molecular weight excluding hydrogens is 482 g/mol. The molecule has 0 aliphatic heterocycles. The summed E-state index contributed by atoms with van der Waals surface area (Å²) in [5.41, 5.74) is 13.4. The van der Waals surface area contributed by atoms with E-state index in [0.29, 0.717) is 45.4 Å². The monoisotopic (exact) mass is 511 g/mol. The summed E-state index contributed by atoms with van der Waals surface area (Å²) in [6.07, 6.45) is 6.33. The molecule has 2 aromatic heterocycles. The fraction of sp³-hybridized carbons (Fsp3) is 0.292. The molecule has 0 saturated carbocycles. The number of aliphatic imine (C=N–C) groups is 2. The van der Waals surface area contributed by atoms with Crippen LogP contribution in [-0.4, -0.2) is 61.5 Å². The van der Waals surface area contributed by atoms with E-state index in [-0.39, 0.29) is 5.84 Å².